The van der Waals surface area contributed by atoms with Crippen molar-refractivity contribution < 1.29 is 34.4 Å². The van der Waals surface area contributed by atoms with Gasteiger partial charge < -0.3 is 20.1 Å². The molecule has 1 aliphatic rings. The highest BCUT2D eigenvalue weighted by Crippen LogP contribution is 2.22. The lowest BCUT2D eigenvalue weighted by Crippen LogP contribution is -2.43. The third kappa shape index (κ3) is 5.16. The lowest BCUT2D eigenvalue weighted by molar-refractivity contribution is -0.173. The molecule has 0 aromatic rings. The Morgan fingerprint density at radius 3 is 2.00 bits per heavy atom. The average molecular weight is 288 g/mol. The molecule has 0 heterocycles. The second-order valence-electron chi connectivity index (χ2n) is 5.19. The van der Waals surface area contributed by atoms with E-state index in [1.54, 1.807) is 0 Å². The van der Waals surface area contributed by atoms with Crippen LogP contribution in [-0.2, 0) is 19.1 Å². The molecule has 0 aromatic carbocycles. The van der Waals surface area contributed by atoms with Gasteiger partial charge in [0.1, 0.15) is 6.10 Å². The molecule has 0 aromatic heterocycles. The molecule has 114 valence electrons. The summed E-state index contributed by atoms with van der Waals surface area (Å²) in [4.78, 5) is 33.2. The Balaban J connectivity index is 2.57. The van der Waals surface area contributed by atoms with E-state index >= 15 is 0 Å². The van der Waals surface area contributed by atoms with Gasteiger partial charge in [0.15, 0.2) is 5.60 Å². The van der Waals surface area contributed by atoms with Crippen LogP contribution < -0.4 is 0 Å². The summed E-state index contributed by atoms with van der Waals surface area (Å²) in [5, 5.41) is 27.2. The summed E-state index contributed by atoms with van der Waals surface area (Å²) in [6.45, 7) is 0. The van der Waals surface area contributed by atoms with E-state index in [0.29, 0.717) is 0 Å². The van der Waals surface area contributed by atoms with Crippen LogP contribution in [-0.4, -0.2) is 44.9 Å². The minimum atomic E-state index is -2.62. The van der Waals surface area contributed by atoms with Crippen molar-refractivity contribution in [2.24, 2.45) is 0 Å². The Kier molecular flexibility index (Phi) is 5.94. The van der Waals surface area contributed by atoms with Gasteiger partial charge in [0, 0.05) is 0 Å². The molecule has 0 radical (unpaired) electrons. The van der Waals surface area contributed by atoms with E-state index in [4.69, 9.17) is 14.9 Å². The Morgan fingerprint density at radius 2 is 1.55 bits per heavy atom. The summed E-state index contributed by atoms with van der Waals surface area (Å²) in [6.07, 6.45) is 3.30. The van der Waals surface area contributed by atoms with Crippen LogP contribution in [0, 0.1) is 0 Å². The van der Waals surface area contributed by atoms with Crippen molar-refractivity contribution in [2.75, 3.05) is 0 Å². The SMILES string of the molecule is O=C(O)CC(O)(CC(=O)OC1CCCCCC1)C(=O)O. The van der Waals surface area contributed by atoms with Gasteiger partial charge in [-0.25, -0.2) is 4.79 Å². The standard InChI is InChI=1S/C13H20O7/c14-10(15)7-13(19,12(17)18)8-11(16)20-9-5-3-1-2-4-6-9/h9,19H,1-8H2,(H,14,15)(H,17,18). The van der Waals surface area contributed by atoms with E-state index < -0.39 is 36.4 Å². The summed E-state index contributed by atoms with van der Waals surface area (Å²) >= 11 is 0. The normalized spacial score (nSPS) is 19.6. The second-order valence-corrected chi connectivity index (χ2v) is 5.19. The minimum Gasteiger partial charge on any atom is -0.481 e. The Morgan fingerprint density at radius 1 is 1.00 bits per heavy atom. The zero-order chi connectivity index (χ0) is 15.2. The van der Waals surface area contributed by atoms with Crippen LogP contribution in [0.25, 0.3) is 0 Å². The topological polar surface area (TPSA) is 121 Å². The minimum absolute atomic E-state index is 0.270. The van der Waals surface area contributed by atoms with Crippen LogP contribution in [0.4, 0.5) is 0 Å². The molecule has 0 saturated heterocycles. The fourth-order valence-electron chi connectivity index (χ4n) is 2.29. The Labute approximate surface area is 116 Å². The van der Waals surface area contributed by atoms with Crippen molar-refractivity contribution in [2.45, 2.75) is 63.1 Å². The van der Waals surface area contributed by atoms with Crippen molar-refractivity contribution in [3.05, 3.63) is 0 Å². The number of rotatable bonds is 6. The molecule has 1 atom stereocenters. The molecule has 1 rings (SSSR count). The van der Waals surface area contributed by atoms with Crippen LogP contribution in [0.1, 0.15) is 51.4 Å². The molecule has 1 saturated carbocycles. The van der Waals surface area contributed by atoms with Gasteiger partial charge in [0.05, 0.1) is 12.8 Å². The number of carboxylic acids is 2. The van der Waals surface area contributed by atoms with Crippen molar-refractivity contribution in [1.82, 2.24) is 0 Å². The number of carboxylic acid groups (broad SMARTS) is 2. The number of carbonyl (C=O) groups is 3. The van der Waals surface area contributed by atoms with E-state index in [9.17, 15) is 19.5 Å². The summed E-state index contributed by atoms with van der Waals surface area (Å²) < 4.78 is 5.14. The number of aliphatic carboxylic acids is 2. The molecule has 7 heteroatoms. The van der Waals surface area contributed by atoms with Gasteiger partial charge in [-0.2, -0.15) is 0 Å². The van der Waals surface area contributed by atoms with Gasteiger partial charge in [0.25, 0.3) is 0 Å². The van der Waals surface area contributed by atoms with Gasteiger partial charge in [-0.3, -0.25) is 9.59 Å². The third-order valence-corrected chi connectivity index (χ3v) is 3.38. The van der Waals surface area contributed by atoms with E-state index in [-0.39, 0.29) is 6.10 Å². The summed E-state index contributed by atoms with van der Waals surface area (Å²) in [6, 6.07) is 0. The lowest BCUT2D eigenvalue weighted by atomic mass is 9.96. The number of esters is 1. The van der Waals surface area contributed by atoms with E-state index in [2.05, 4.69) is 0 Å². The predicted molar refractivity (Wildman–Crippen MR) is 67.0 cm³/mol. The maximum atomic E-state index is 11.7. The molecule has 1 fully saturated rings. The highest BCUT2D eigenvalue weighted by Gasteiger charge is 2.41. The first kappa shape index (κ1) is 16.4. The first-order valence-electron chi connectivity index (χ1n) is 6.70. The van der Waals surface area contributed by atoms with Gasteiger partial charge in [-0.15, -0.1) is 0 Å². The number of hydrogen-bond donors (Lipinski definition) is 3. The zero-order valence-electron chi connectivity index (χ0n) is 11.2. The summed E-state index contributed by atoms with van der Waals surface area (Å²) in [5.41, 5.74) is -2.62. The quantitative estimate of drug-likeness (QED) is 0.491. The van der Waals surface area contributed by atoms with Crippen LogP contribution in [0.3, 0.4) is 0 Å². The van der Waals surface area contributed by atoms with E-state index in [1.807, 2.05) is 0 Å². The number of hydrogen-bond acceptors (Lipinski definition) is 5. The first-order valence-corrected chi connectivity index (χ1v) is 6.70. The monoisotopic (exact) mass is 288 g/mol. The summed E-state index contributed by atoms with van der Waals surface area (Å²) in [7, 11) is 0. The van der Waals surface area contributed by atoms with Crippen molar-refractivity contribution >= 4 is 17.9 Å². The smallest absolute Gasteiger partial charge is 0.336 e. The van der Waals surface area contributed by atoms with Gasteiger partial charge in [-0.05, 0) is 25.7 Å². The maximum Gasteiger partial charge on any atom is 0.336 e. The lowest BCUT2D eigenvalue weighted by Gasteiger charge is -2.22. The molecule has 0 spiro atoms. The largest absolute Gasteiger partial charge is 0.481 e. The molecule has 7 nitrogen and oxygen atoms in total. The van der Waals surface area contributed by atoms with Crippen LogP contribution >= 0.6 is 0 Å². The van der Waals surface area contributed by atoms with E-state index in [1.165, 1.54) is 0 Å². The van der Waals surface area contributed by atoms with Gasteiger partial charge in [-0.1, -0.05) is 12.8 Å². The fraction of sp³-hybridized carbons (Fsp3) is 0.769. The molecule has 3 N–H and O–H groups in total. The summed E-state index contributed by atoms with van der Waals surface area (Å²) in [5.74, 6) is -4.10. The number of ether oxygens (including phenoxy) is 1. The Bertz CT molecular complexity index is 371. The third-order valence-electron chi connectivity index (χ3n) is 3.38. The first-order chi connectivity index (χ1) is 9.33. The van der Waals surface area contributed by atoms with Crippen molar-refractivity contribution in [1.29, 1.82) is 0 Å². The maximum absolute atomic E-state index is 11.7. The average Bonchev–Trinajstić information content (AvgIpc) is 2.55. The van der Waals surface area contributed by atoms with Gasteiger partial charge >= 0.3 is 17.9 Å². The zero-order valence-corrected chi connectivity index (χ0v) is 11.2. The molecular weight excluding hydrogens is 268 g/mol. The Hall–Kier alpha value is -1.63. The van der Waals surface area contributed by atoms with Crippen LogP contribution in [0.2, 0.25) is 0 Å². The van der Waals surface area contributed by atoms with Crippen molar-refractivity contribution in [3.63, 3.8) is 0 Å². The fourth-order valence-corrected chi connectivity index (χ4v) is 2.29. The highest BCUT2D eigenvalue weighted by atomic mass is 16.5. The second kappa shape index (κ2) is 7.23. The number of aliphatic hydroxyl groups is 1. The molecule has 1 aliphatic carbocycles. The molecule has 20 heavy (non-hydrogen) atoms. The molecule has 1 unspecified atom stereocenters. The molecule has 0 amide bonds. The molecule has 0 aliphatic heterocycles. The molecular formula is C13H20O7. The number of carbonyl (C=O) groups excluding carboxylic acids is 1. The predicted octanol–water partition coefficient (Wildman–Crippen LogP) is 0.933. The van der Waals surface area contributed by atoms with Crippen LogP contribution in [0.5, 0.6) is 0 Å². The van der Waals surface area contributed by atoms with Crippen molar-refractivity contribution in [3.8, 4) is 0 Å². The van der Waals surface area contributed by atoms with Gasteiger partial charge in [0.2, 0.25) is 0 Å². The van der Waals surface area contributed by atoms with E-state index in [0.717, 1.165) is 38.5 Å². The van der Waals surface area contributed by atoms with Crippen LogP contribution in [0.15, 0.2) is 0 Å². The highest BCUT2D eigenvalue weighted by molar-refractivity contribution is 5.88. The molecule has 0 bridgehead atoms.